The number of pyridine rings is 1. The second kappa shape index (κ2) is 9.38. The van der Waals surface area contributed by atoms with E-state index in [1.807, 2.05) is 19.1 Å². The molecule has 0 aliphatic carbocycles. The molecule has 1 fully saturated rings. The van der Waals surface area contributed by atoms with E-state index in [1.54, 1.807) is 24.4 Å². The number of hydrogen-bond acceptors (Lipinski definition) is 6. The average molecular weight is 474 g/mol. The lowest BCUT2D eigenvalue weighted by atomic mass is 10.0. The minimum absolute atomic E-state index is 0.224. The van der Waals surface area contributed by atoms with Crippen LogP contribution in [0.1, 0.15) is 12.5 Å². The highest BCUT2D eigenvalue weighted by Gasteiger charge is 2.28. The number of nitrogens with zero attached hydrogens (tertiary/aromatic N) is 3. The Morgan fingerprint density at radius 1 is 1.11 bits per heavy atom. The Kier molecular flexibility index (Phi) is 6.13. The fourth-order valence-electron chi connectivity index (χ4n) is 4.60. The topological polar surface area (TPSA) is 69.7 Å². The van der Waals surface area contributed by atoms with Crippen LogP contribution in [0.2, 0.25) is 0 Å². The molecule has 0 bridgehead atoms. The molecule has 8 heteroatoms. The molecule has 180 valence electrons. The Labute approximate surface area is 204 Å². The number of carbonyl (C=O) groups excluding carboxylic acids is 1. The summed E-state index contributed by atoms with van der Waals surface area (Å²) in [7, 11) is 3.63. The van der Waals surface area contributed by atoms with Crippen LogP contribution in [0.5, 0.6) is 5.75 Å². The van der Waals surface area contributed by atoms with Gasteiger partial charge in [-0.3, -0.25) is 9.78 Å². The van der Waals surface area contributed by atoms with E-state index >= 15 is 0 Å². The molecule has 3 heterocycles. The fourth-order valence-corrected chi connectivity index (χ4v) is 4.60. The minimum atomic E-state index is -0.435. The highest BCUT2D eigenvalue weighted by atomic mass is 19.1. The third-order valence-corrected chi connectivity index (χ3v) is 6.54. The molecular formula is C27H28FN5O2. The van der Waals surface area contributed by atoms with Gasteiger partial charge in [-0.2, -0.15) is 0 Å². The van der Waals surface area contributed by atoms with Gasteiger partial charge in [0.15, 0.2) is 0 Å². The standard InChI is InChI=1S/C27H28FN5O2/c1-17(30-18-7-9-19(10-8-18)33-13-11-32(2)12-14-33)25-20-15-22(29-16-23(20)31-27(25)34)26-21(28)5-4-6-24(26)35-3/h4-10,15-16,30H,11-14H2,1-3H3,(H,31,34)/b25-17-. The Balaban J connectivity index is 1.43. The van der Waals surface area contributed by atoms with Gasteiger partial charge in [0.25, 0.3) is 5.91 Å². The van der Waals surface area contributed by atoms with Gasteiger partial charge >= 0.3 is 0 Å². The van der Waals surface area contributed by atoms with Gasteiger partial charge in [-0.25, -0.2) is 4.39 Å². The van der Waals surface area contributed by atoms with Gasteiger partial charge in [-0.15, -0.1) is 0 Å². The largest absolute Gasteiger partial charge is 0.496 e. The summed E-state index contributed by atoms with van der Waals surface area (Å²) in [5.41, 5.74) is 5.21. The molecule has 2 N–H and O–H groups in total. The molecule has 3 aromatic rings. The van der Waals surface area contributed by atoms with E-state index in [1.165, 1.54) is 18.9 Å². The quantitative estimate of drug-likeness (QED) is 0.534. The normalized spacial score (nSPS) is 17.1. The third kappa shape index (κ3) is 4.44. The molecule has 0 unspecified atom stereocenters. The average Bonchev–Trinajstić information content (AvgIpc) is 3.19. The van der Waals surface area contributed by atoms with Gasteiger partial charge in [-0.1, -0.05) is 6.07 Å². The first-order valence-electron chi connectivity index (χ1n) is 11.6. The van der Waals surface area contributed by atoms with Crippen molar-refractivity contribution in [2.75, 3.05) is 55.9 Å². The number of benzene rings is 2. The number of methoxy groups -OCH3 is 1. The van der Waals surface area contributed by atoms with Crippen LogP contribution in [0.15, 0.2) is 60.4 Å². The molecule has 7 nitrogen and oxygen atoms in total. The molecule has 2 aliphatic rings. The Hall–Kier alpha value is -3.91. The Bertz CT molecular complexity index is 1300. The number of aromatic nitrogens is 1. The molecule has 1 amide bonds. The molecular weight excluding hydrogens is 445 g/mol. The summed E-state index contributed by atoms with van der Waals surface area (Å²) in [5.74, 6) is -0.274. The van der Waals surface area contributed by atoms with Gasteiger partial charge in [0, 0.05) is 48.8 Å². The van der Waals surface area contributed by atoms with Crippen molar-refractivity contribution in [1.29, 1.82) is 0 Å². The number of anilines is 3. The van der Waals surface area contributed by atoms with Crippen LogP contribution in [0.3, 0.4) is 0 Å². The van der Waals surface area contributed by atoms with Crippen LogP contribution in [0.4, 0.5) is 21.5 Å². The molecule has 2 aliphatic heterocycles. The fraction of sp³-hybridized carbons (Fsp3) is 0.259. The van der Waals surface area contributed by atoms with Crippen molar-refractivity contribution in [3.8, 4) is 17.0 Å². The van der Waals surface area contributed by atoms with Gasteiger partial charge in [0.1, 0.15) is 11.6 Å². The maximum absolute atomic E-state index is 14.6. The number of fused-ring (bicyclic) bond motifs is 1. The van der Waals surface area contributed by atoms with Crippen LogP contribution in [-0.4, -0.2) is 56.1 Å². The number of hydrogen-bond donors (Lipinski definition) is 2. The lowest BCUT2D eigenvalue weighted by Crippen LogP contribution is -2.44. The van der Waals surface area contributed by atoms with Crippen LogP contribution >= 0.6 is 0 Å². The van der Waals surface area contributed by atoms with Crippen LogP contribution in [0.25, 0.3) is 16.8 Å². The highest BCUT2D eigenvalue weighted by molar-refractivity contribution is 6.32. The molecule has 0 radical (unpaired) electrons. The molecule has 35 heavy (non-hydrogen) atoms. The van der Waals surface area contributed by atoms with Crippen molar-refractivity contribution < 1.29 is 13.9 Å². The van der Waals surface area contributed by atoms with E-state index in [0.29, 0.717) is 34.0 Å². The van der Waals surface area contributed by atoms with Crippen LogP contribution < -0.4 is 20.3 Å². The number of piperazine rings is 1. The maximum Gasteiger partial charge on any atom is 0.258 e. The summed E-state index contributed by atoms with van der Waals surface area (Å²) in [6.07, 6.45) is 1.56. The first-order chi connectivity index (χ1) is 16.9. The first kappa shape index (κ1) is 22.9. The lowest BCUT2D eigenvalue weighted by Gasteiger charge is -2.34. The summed E-state index contributed by atoms with van der Waals surface area (Å²) in [5, 5.41) is 6.22. The number of allylic oxidation sites excluding steroid dienone is 1. The summed E-state index contributed by atoms with van der Waals surface area (Å²) in [4.78, 5) is 21.9. The zero-order chi connectivity index (χ0) is 24.5. The smallest absolute Gasteiger partial charge is 0.258 e. The van der Waals surface area contributed by atoms with Crippen molar-refractivity contribution in [2.45, 2.75) is 6.92 Å². The second-order valence-corrected chi connectivity index (χ2v) is 8.85. The Morgan fingerprint density at radius 2 is 1.86 bits per heavy atom. The predicted molar refractivity (Wildman–Crippen MR) is 137 cm³/mol. The zero-order valence-corrected chi connectivity index (χ0v) is 20.1. The third-order valence-electron chi connectivity index (χ3n) is 6.54. The molecule has 0 spiro atoms. The minimum Gasteiger partial charge on any atom is -0.496 e. The van der Waals surface area contributed by atoms with Gasteiger partial charge in [0.05, 0.1) is 35.8 Å². The van der Waals surface area contributed by atoms with Crippen molar-refractivity contribution in [3.05, 3.63) is 71.8 Å². The summed E-state index contributed by atoms with van der Waals surface area (Å²) >= 11 is 0. The number of ether oxygens (including phenoxy) is 1. The summed E-state index contributed by atoms with van der Waals surface area (Å²) < 4.78 is 20.0. The highest BCUT2D eigenvalue weighted by Crippen LogP contribution is 2.38. The Morgan fingerprint density at radius 3 is 2.57 bits per heavy atom. The van der Waals surface area contributed by atoms with E-state index in [2.05, 4.69) is 44.6 Å². The van der Waals surface area contributed by atoms with E-state index in [4.69, 9.17) is 4.74 Å². The first-order valence-corrected chi connectivity index (χ1v) is 11.6. The van der Waals surface area contributed by atoms with E-state index in [-0.39, 0.29) is 11.5 Å². The molecule has 1 saturated heterocycles. The van der Waals surface area contributed by atoms with E-state index < -0.39 is 5.82 Å². The lowest BCUT2D eigenvalue weighted by molar-refractivity contribution is -0.110. The van der Waals surface area contributed by atoms with Crippen molar-refractivity contribution in [3.63, 3.8) is 0 Å². The zero-order valence-electron chi connectivity index (χ0n) is 20.1. The molecule has 0 atom stereocenters. The number of amides is 1. The van der Waals surface area contributed by atoms with Crippen LogP contribution in [0, 0.1) is 5.82 Å². The van der Waals surface area contributed by atoms with E-state index in [9.17, 15) is 9.18 Å². The maximum atomic E-state index is 14.6. The monoisotopic (exact) mass is 473 g/mol. The van der Waals surface area contributed by atoms with Crippen LogP contribution in [-0.2, 0) is 4.79 Å². The van der Waals surface area contributed by atoms with E-state index in [0.717, 1.165) is 31.9 Å². The van der Waals surface area contributed by atoms with Crippen molar-refractivity contribution in [1.82, 2.24) is 9.88 Å². The van der Waals surface area contributed by atoms with Crippen molar-refractivity contribution >= 4 is 28.5 Å². The molecule has 0 saturated carbocycles. The molecule has 2 aromatic carbocycles. The number of rotatable bonds is 5. The second-order valence-electron chi connectivity index (χ2n) is 8.85. The predicted octanol–water partition coefficient (Wildman–Crippen LogP) is 4.44. The van der Waals surface area contributed by atoms with Gasteiger partial charge < -0.3 is 25.2 Å². The number of carbonyl (C=O) groups is 1. The number of nitrogens with one attached hydrogen (secondary N) is 2. The molecule has 5 rings (SSSR count). The summed E-state index contributed by atoms with van der Waals surface area (Å²) in [6, 6.07) is 14.6. The van der Waals surface area contributed by atoms with Gasteiger partial charge in [0.2, 0.25) is 0 Å². The molecule has 1 aromatic heterocycles. The van der Waals surface area contributed by atoms with Gasteiger partial charge in [-0.05, 0) is 56.4 Å². The number of halogens is 1. The SMILES string of the molecule is COc1cccc(F)c1-c1cc2c(cn1)NC(=O)/C2=C(/C)Nc1ccc(N2CCN(C)CC2)cc1. The number of likely N-dealkylation sites (N-methyl/N-ethyl adjacent to an activating group) is 1. The van der Waals surface area contributed by atoms with Crippen molar-refractivity contribution in [2.24, 2.45) is 0 Å². The summed E-state index contributed by atoms with van der Waals surface area (Å²) in [6.45, 7) is 5.98.